The number of fused-ring (bicyclic) bond motifs is 3. The smallest absolute Gasteiger partial charge is 0.302 e. The Morgan fingerprint density at radius 1 is 1.14 bits per heavy atom. The number of rotatable bonds is 7. The van der Waals surface area contributed by atoms with Crippen LogP contribution >= 0.6 is 0 Å². The molecule has 42 heavy (non-hydrogen) atoms. The number of ether oxygens (including phenoxy) is 1. The predicted octanol–water partition coefficient (Wildman–Crippen LogP) is 1.27. The zero-order valence-corrected chi connectivity index (χ0v) is 24.5. The van der Waals surface area contributed by atoms with Crippen LogP contribution in [0.4, 0.5) is 0 Å². The number of hydrogen-bond donors (Lipinski definition) is 6. The molecular formula is C30H38N2O10. The van der Waals surface area contributed by atoms with Crippen molar-refractivity contribution in [2.75, 3.05) is 20.7 Å². The summed E-state index contributed by atoms with van der Waals surface area (Å²) in [5.74, 6) is -9.63. The molecule has 0 fully saturated rings. The highest BCUT2D eigenvalue weighted by molar-refractivity contribution is 6.25. The van der Waals surface area contributed by atoms with Crippen molar-refractivity contribution in [1.82, 2.24) is 4.90 Å². The molecule has 7 N–H and O–H groups in total. The van der Waals surface area contributed by atoms with Gasteiger partial charge < -0.3 is 36.0 Å². The van der Waals surface area contributed by atoms with Crippen molar-refractivity contribution in [3.8, 4) is 5.75 Å². The van der Waals surface area contributed by atoms with E-state index in [1.165, 1.54) is 25.9 Å². The lowest BCUT2D eigenvalue weighted by Gasteiger charge is -2.53. The number of ketones is 2. The van der Waals surface area contributed by atoms with Crippen LogP contribution in [0.3, 0.4) is 0 Å². The molecular weight excluding hydrogens is 548 g/mol. The van der Waals surface area contributed by atoms with Crippen LogP contribution in [-0.2, 0) is 24.5 Å². The van der Waals surface area contributed by atoms with Crippen LogP contribution in [0.2, 0.25) is 0 Å². The number of likely N-dealkylation sites (N-methyl/N-ethyl adjacent to an activating group) is 1. The summed E-state index contributed by atoms with van der Waals surface area (Å²) in [6.07, 6.45) is -0.681. The molecule has 1 aromatic rings. The fraction of sp³-hybridized carbons (Fsp3) is 0.533. The summed E-state index contributed by atoms with van der Waals surface area (Å²) in [5.41, 5.74) is 0.986. The fourth-order valence-electron chi connectivity index (χ4n) is 7.03. The van der Waals surface area contributed by atoms with E-state index in [9.17, 15) is 44.7 Å². The van der Waals surface area contributed by atoms with Crippen molar-refractivity contribution in [1.29, 1.82) is 0 Å². The summed E-state index contributed by atoms with van der Waals surface area (Å²) in [5, 5.41) is 57.4. The van der Waals surface area contributed by atoms with E-state index in [1.54, 1.807) is 19.1 Å². The SMILES string of the molecule is CC(=O)OCCCC(C)(C)c1ccc2c(c1O)C(=O)C1=C(O)[C@]3(O)C(=O)C(C(N)=O)=C(O)[C@@H](N(C)C)[C@@H]3[C@@H](O)[C@@H]1[C@H]2C. The van der Waals surface area contributed by atoms with Gasteiger partial charge in [-0.3, -0.25) is 24.1 Å². The number of aromatic hydroxyl groups is 1. The molecule has 0 radical (unpaired) electrons. The number of nitrogens with two attached hydrogens (primary N) is 1. The van der Waals surface area contributed by atoms with Crippen LogP contribution < -0.4 is 5.73 Å². The summed E-state index contributed by atoms with van der Waals surface area (Å²) in [6.45, 7) is 6.87. The number of phenolic OH excluding ortho intramolecular Hbond substituents is 1. The summed E-state index contributed by atoms with van der Waals surface area (Å²) in [6, 6.07) is 2.03. The molecule has 4 rings (SSSR count). The number of primary amides is 1. The molecule has 0 unspecified atom stereocenters. The second kappa shape index (κ2) is 10.5. The lowest BCUT2D eigenvalue weighted by molar-refractivity contribution is -0.162. The summed E-state index contributed by atoms with van der Waals surface area (Å²) >= 11 is 0. The molecule has 3 aliphatic rings. The molecule has 0 aliphatic heterocycles. The van der Waals surface area contributed by atoms with Crippen LogP contribution in [0.25, 0.3) is 0 Å². The maximum atomic E-state index is 14.1. The van der Waals surface area contributed by atoms with Gasteiger partial charge in [0, 0.05) is 24.0 Å². The van der Waals surface area contributed by atoms with Crippen LogP contribution in [0.1, 0.15) is 67.9 Å². The summed E-state index contributed by atoms with van der Waals surface area (Å²) < 4.78 is 5.00. The number of hydrogen-bond acceptors (Lipinski definition) is 11. The second-order valence-corrected chi connectivity index (χ2v) is 12.3. The van der Waals surface area contributed by atoms with Gasteiger partial charge in [-0.1, -0.05) is 32.9 Å². The fourth-order valence-corrected chi connectivity index (χ4v) is 7.03. The van der Waals surface area contributed by atoms with Crippen LogP contribution in [-0.4, -0.2) is 92.3 Å². The van der Waals surface area contributed by atoms with Gasteiger partial charge in [0.2, 0.25) is 5.78 Å². The first kappa shape index (κ1) is 31.2. The van der Waals surface area contributed by atoms with Gasteiger partial charge in [-0.25, -0.2) is 0 Å². The molecule has 12 heteroatoms. The van der Waals surface area contributed by atoms with E-state index in [0.717, 1.165) is 0 Å². The summed E-state index contributed by atoms with van der Waals surface area (Å²) in [7, 11) is 2.97. The first-order valence-electron chi connectivity index (χ1n) is 13.7. The number of aliphatic hydroxyl groups excluding tert-OH is 3. The number of Topliss-reactive ketones (excluding diaryl/α,β-unsaturated/α-hetero) is 2. The van der Waals surface area contributed by atoms with Crippen LogP contribution in [0.5, 0.6) is 5.75 Å². The van der Waals surface area contributed by atoms with Crippen LogP contribution in [0.15, 0.2) is 34.8 Å². The second-order valence-electron chi connectivity index (χ2n) is 12.3. The van der Waals surface area contributed by atoms with Gasteiger partial charge in [0.1, 0.15) is 22.8 Å². The van der Waals surface area contributed by atoms with E-state index in [1.807, 2.05) is 13.8 Å². The van der Waals surface area contributed by atoms with Crippen molar-refractivity contribution >= 4 is 23.4 Å². The quantitative estimate of drug-likeness (QED) is 0.152. The van der Waals surface area contributed by atoms with E-state index in [0.29, 0.717) is 24.0 Å². The number of carbonyl (C=O) groups is 4. The zero-order chi connectivity index (χ0) is 31.6. The molecule has 1 aromatic carbocycles. The van der Waals surface area contributed by atoms with Crippen molar-refractivity contribution in [3.05, 3.63) is 51.5 Å². The van der Waals surface area contributed by atoms with Gasteiger partial charge in [-0.15, -0.1) is 0 Å². The Bertz CT molecular complexity index is 1440. The van der Waals surface area contributed by atoms with Gasteiger partial charge in [0.05, 0.1) is 30.2 Å². The maximum Gasteiger partial charge on any atom is 0.302 e. The minimum Gasteiger partial charge on any atom is -0.510 e. The van der Waals surface area contributed by atoms with Crippen molar-refractivity contribution in [2.45, 2.75) is 69.6 Å². The Hall–Kier alpha value is -3.74. The van der Waals surface area contributed by atoms with Gasteiger partial charge in [-0.2, -0.15) is 0 Å². The molecule has 0 heterocycles. The van der Waals surface area contributed by atoms with Crippen molar-refractivity contribution in [3.63, 3.8) is 0 Å². The van der Waals surface area contributed by atoms with Crippen LogP contribution in [0, 0.1) is 11.8 Å². The maximum absolute atomic E-state index is 14.1. The van der Waals surface area contributed by atoms with Gasteiger partial charge in [0.15, 0.2) is 11.4 Å². The lowest BCUT2D eigenvalue weighted by Crippen LogP contribution is -2.68. The Balaban J connectivity index is 1.89. The Morgan fingerprint density at radius 2 is 1.76 bits per heavy atom. The molecule has 0 saturated carbocycles. The zero-order valence-electron chi connectivity index (χ0n) is 24.5. The highest BCUT2D eigenvalue weighted by Crippen LogP contribution is 2.56. The van der Waals surface area contributed by atoms with E-state index >= 15 is 0 Å². The van der Waals surface area contributed by atoms with Crippen molar-refractivity contribution < 1.29 is 49.4 Å². The topological polar surface area (TPSA) is 208 Å². The Kier molecular flexibility index (Phi) is 7.81. The lowest BCUT2D eigenvalue weighted by atomic mass is 9.55. The molecule has 0 aromatic heterocycles. The molecule has 6 atom stereocenters. The molecule has 0 bridgehead atoms. The monoisotopic (exact) mass is 586 g/mol. The van der Waals surface area contributed by atoms with E-state index < -0.39 is 87.0 Å². The van der Waals surface area contributed by atoms with E-state index in [4.69, 9.17) is 10.5 Å². The molecule has 12 nitrogen and oxygen atoms in total. The Morgan fingerprint density at radius 3 is 2.31 bits per heavy atom. The number of benzene rings is 1. The molecule has 228 valence electrons. The number of nitrogens with zero attached hydrogens (tertiary/aromatic N) is 1. The predicted molar refractivity (Wildman–Crippen MR) is 149 cm³/mol. The third-order valence-corrected chi connectivity index (χ3v) is 9.11. The highest BCUT2D eigenvalue weighted by Gasteiger charge is 2.67. The number of carbonyl (C=O) groups excluding carboxylic acids is 4. The first-order valence-corrected chi connectivity index (χ1v) is 13.7. The molecule has 0 spiro atoms. The normalized spacial score (nSPS) is 29.3. The average molecular weight is 587 g/mol. The largest absolute Gasteiger partial charge is 0.510 e. The Labute approximate surface area is 243 Å². The molecule has 1 amide bonds. The van der Waals surface area contributed by atoms with Crippen molar-refractivity contribution in [2.24, 2.45) is 17.6 Å². The number of esters is 1. The molecule has 0 saturated heterocycles. The van der Waals surface area contributed by atoms with Gasteiger partial charge in [-0.05, 0) is 43.8 Å². The average Bonchev–Trinajstić information content (AvgIpc) is 2.88. The first-order chi connectivity index (χ1) is 19.4. The highest BCUT2D eigenvalue weighted by atomic mass is 16.5. The minimum absolute atomic E-state index is 0.138. The summed E-state index contributed by atoms with van der Waals surface area (Å²) in [4.78, 5) is 52.2. The minimum atomic E-state index is -2.97. The van der Waals surface area contributed by atoms with Gasteiger partial charge in [0.25, 0.3) is 5.91 Å². The number of amides is 1. The third kappa shape index (κ3) is 4.40. The standard InChI is InChI=1S/C30H38N2O10/c1-12-14-8-9-15(29(3,4)10-7-11-42-13(2)33)22(34)17(14)23(35)18-16(12)24(36)20-21(32(5)6)25(37)19(28(31)40)27(39)30(20,41)26(18)38/h8-9,12,16,20-21,24,34,36-38,41H,7,10-11H2,1-6H3,(H2,31,40)/t12-,16+,20+,21-,24-,30-/m0/s1. The van der Waals surface area contributed by atoms with E-state index in [-0.39, 0.29) is 17.9 Å². The molecule has 3 aliphatic carbocycles. The third-order valence-electron chi connectivity index (χ3n) is 9.11. The van der Waals surface area contributed by atoms with Gasteiger partial charge >= 0.3 is 5.97 Å². The number of aliphatic hydroxyl groups is 4. The number of phenols is 1. The van der Waals surface area contributed by atoms with E-state index in [2.05, 4.69) is 0 Å².